The topological polar surface area (TPSA) is 44.4 Å². The average molecular weight is 391 g/mol. The van der Waals surface area contributed by atoms with Crippen molar-refractivity contribution in [3.63, 3.8) is 0 Å². The van der Waals surface area contributed by atoms with Crippen LogP contribution in [0.3, 0.4) is 0 Å². The SMILES string of the molecule is CCN(CC(=O)Nc1ccc(Br)cc1Br)C1CNC1. The number of anilines is 1. The first-order valence-electron chi connectivity index (χ1n) is 6.30. The van der Waals surface area contributed by atoms with Gasteiger partial charge in [-0.1, -0.05) is 22.9 Å². The summed E-state index contributed by atoms with van der Waals surface area (Å²) in [6.07, 6.45) is 0. The van der Waals surface area contributed by atoms with E-state index >= 15 is 0 Å². The van der Waals surface area contributed by atoms with E-state index in [1.165, 1.54) is 0 Å². The average Bonchev–Trinajstić information content (AvgIpc) is 2.29. The maximum absolute atomic E-state index is 12.1. The van der Waals surface area contributed by atoms with Gasteiger partial charge in [0.15, 0.2) is 0 Å². The third kappa shape index (κ3) is 4.02. The minimum absolute atomic E-state index is 0.0248. The molecule has 0 saturated carbocycles. The van der Waals surface area contributed by atoms with E-state index in [0.29, 0.717) is 12.6 Å². The lowest BCUT2D eigenvalue weighted by atomic mass is 10.1. The molecule has 1 heterocycles. The number of carbonyl (C=O) groups is 1. The van der Waals surface area contributed by atoms with Crippen molar-refractivity contribution < 1.29 is 4.79 Å². The van der Waals surface area contributed by atoms with Gasteiger partial charge in [-0.3, -0.25) is 9.69 Å². The molecule has 1 aromatic rings. The smallest absolute Gasteiger partial charge is 0.238 e. The van der Waals surface area contributed by atoms with Gasteiger partial charge in [-0.15, -0.1) is 0 Å². The number of benzene rings is 1. The highest BCUT2D eigenvalue weighted by Gasteiger charge is 2.24. The number of hydrogen-bond donors (Lipinski definition) is 2. The molecule has 19 heavy (non-hydrogen) atoms. The highest BCUT2D eigenvalue weighted by atomic mass is 79.9. The molecule has 0 spiro atoms. The lowest BCUT2D eigenvalue weighted by Gasteiger charge is -2.37. The van der Waals surface area contributed by atoms with E-state index in [-0.39, 0.29) is 5.91 Å². The molecule has 0 unspecified atom stereocenters. The van der Waals surface area contributed by atoms with Gasteiger partial charge in [-0.2, -0.15) is 0 Å². The summed E-state index contributed by atoms with van der Waals surface area (Å²) in [5, 5.41) is 6.16. The van der Waals surface area contributed by atoms with E-state index in [2.05, 4.69) is 54.3 Å². The summed E-state index contributed by atoms with van der Waals surface area (Å²) in [4.78, 5) is 14.3. The van der Waals surface area contributed by atoms with Gasteiger partial charge < -0.3 is 10.6 Å². The van der Waals surface area contributed by atoms with Gasteiger partial charge in [0.05, 0.1) is 12.2 Å². The monoisotopic (exact) mass is 389 g/mol. The van der Waals surface area contributed by atoms with Crippen molar-refractivity contribution in [3.05, 3.63) is 27.1 Å². The minimum Gasteiger partial charge on any atom is -0.324 e. The number of carbonyl (C=O) groups excluding carboxylic acids is 1. The molecule has 1 aliphatic rings. The summed E-state index contributed by atoms with van der Waals surface area (Å²) in [6, 6.07) is 6.20. The van der Waals surface area contributed by atoms with E-state index < -0.39 is 0 Å². The third-order valence-corrected chi connectivity index (χ3v) is 4.38. The van der Waals surface area contributed by atoms with Crippen molar-refractivity contribution in [1.82, 2.24) is 10.2 Å². The molecule has 2 rings (SSSR count). The van der Waals surface area contributed by atoms with Crippen LogP contribution in [0.15, 0.2) is 27.1 Å². The molecule has 2 N–H and O–H groups in total. The molecule has 0 aromatic heterocycles. The zero-order valence-electron chi connectivity index (χ0n) is 10.7. The van der Waals surface area contributed by atoms with Crippen LogP contribution in [-0.2, 0) is 4.79 Å². The summed E-state index contributed by atoms with van der Waals surface area (Å²) in [5.74, 6) is 0.0248. The van der Waals surface area contributed by atoms with Gasteiger partial charge in [0.1, 0.15) is 0 Å². The summed E-state index contributed by atoms with van der Waals surface area (Å²) >= 11 is 6.84. The predicted octanol–water partition coefficient (Wildman–Crippen LogP) is 2.44. The molecule has 0 radical (unpaired) electrons. The Kier molecular flexibility index (Phi) is 5.38. The number of rotatable bonds is 5. The molecule has 1 fully saturated rings. The Balaban J connectivity index is 1.92. The molecule has 104 valence electrons. The normalized spacial score (nSPS) is 15.4. The van der Waals surface area contributed by atoms with Crippen LogP contribution in [0.5, 0.6) is 0 Å². The second kappa shape index (κ2) is 6.83. The van der Waals surface area contributed by atoms with Crippen molar-refractivity contribution in [2.75, 3.05) is 31.5 Å². The van der Waals surface area contributed by atoms with Crippen LogP contribution < -0.4 is 10.6 Å². The van der Waals surface area contributed by atoms with Gasteiger partial charge in [0.25, 0.3) is 0 Å². The standard InChI is InChI=1S/C13H17Br2N3O/c1-2-18(10-6-16-7-10)8-13(19)17-12-4-3-9(14)5-11(12)15/h3-5,10,16H,2,6-8H2,1H3,(H,17,19). The van der Waals surface area contributed by atoms with E-state index in [4.69, 9.17) is 0 Å². The van der Waals surface area contributed by atoms with Crippen LogP contribution in [0, 0.1) is 0 Å². The Morgan fingerprint density at radius 1 is 1.47 bits per heavy atom. The Morgan fingerprint density at radius 2 is 2.21 bits per heavy atom. The van der Waals surface area contributed by atoms with Crippen LogP contribution >= 0.6 is 31.9 Å². The fourth-order valence-corrected chi connectivity index (χ4v) is 3.14. The predicted molar refractivity (Wildman–Crippen MR) is 84.4 cm³/mol. The Morgan fingerprint density at radius 3 is 2.74 bits per heavy atom. The number of nitrogens with zero attached hydrogens (tertiary/aromatic N) is 1. The highest BCUT2D eigenvalue weighted by molar-refractivity contribution is 9.11. The molecule has 0 aliphatic carbocycles. The number of nitrogens with one attached hydrogen (secondary N) is 2. The zero-order valence-corrected chi connectivity index (χ0v) is 13.9. The quantitative estimate of drug-likeness (QED) is 0.811. The lowest BCUT2D eigenvalue weighted by molar-refractivity contribution is -0.118. The van der Waals surface area contributed by atoms with Gasteiger partial charge in [0, 0.05) is 28.1 Å². The third-order valence-electron chi connectivity index (χ3n) is 3.23. The van der Waals surface area contributed by atoms with Crippen LogP contribution in [0.4, 0.5) is 5.69 Å². The fraction of sp³-hybridized carbons (Fsp3) is 0.462. The van der Waals surface area contributed by atoms with Gasteiger partial charge in [-0.05, 0) is 40.7 Å². The molecule has 1 aromatic carbocycles. The Bertz CT molecular complexity index is 463. The van der Waals surface area contributed by atoms with E-state index in [0.717, 1.165) is 34.3 Å². The molecule has 0 atom stereocenters. The summed E-state index contributed by atoms with van der Waals surface area (Å²) in [6.45, 7) is 5.36. The molecule has 1 aliphatic heterocycles. The molecule has 4 nitrogen and oxygen atoms in total. The van der Waals surface area contributed by atoms with Crippen molar-refractivity contribution in [2.45, 2.75) is 13.0 Å². The second-order valence-corrected chi connectivity index (χ2v) is 6.32. The lowest BCUT2D eigenvalue weighted by Crippen LogP contribution is -2.58. The largest absolute Gasteiger partial charge is 0.324 e. The van der Waals surface area contributed by atoms with E-state index in [1.54, 1.807) is 0 Å². The van der Waals surface area contributed by atoms with Gasteiger partial charge in [0.2, 0.25) is 5.91 Å². The van der Waals surface area contributed by atoms with Crippen LogP contribution in [0.1, 0.15) is 6.92 Å². The fourth-order valence-electron chi connectivity index (χ4n) is 2.00. The molecule has 1 amide bonds. The van der Waals surface area contributed by atoms with Crippen LogP contribution in [0.2, 0.25) is 0 Å². The Hall–Kier alpha value is -0.430. The molecule has 1 saturated heterocycles. The summed E-state index contributed by atoms with van der Waals surface area (Å²) in [7, 11) is 0. The maximum Gasteiger partial charge on any atom is 0.238 e. The first-order valence-corrected chi connectivity index (χ1v) is 7.88. The van der Waals surface area contributed by atoms with E-state index in [1.807, 2.05) is 18.2 Å². The molecule has 0 bridgehead atoms. The molecular formula is C13H17Br2N3O. The maximum atomic E-state index is 12.1. The van der Waals surface area contributed by atoms with Gasteiger partial charge in [-0.25, -0.2) is 0 Å². The van der Waals surface area contributed by atoms with Crippen molar-refractivity contribution in [1.29, 1.82) is 0 Å². The number of halogens is 2. The van der Waals surface area contributed by atoms with Crippen LogP contribution in [-0.4, -0.2) is 43.0 Å². The number of hydrogen-bond acceptors (Lipinski definition) is 3. The van der Waals surface area contributed by atoms with Crippen LogP contribution in [0.25, 0.3) is 0 Å². The highest BCUT2D eigenvalue weighted by Crippen LogP contribution is 2.26. The van der Waals surface area contributed by atoms with Crippen molar-refractivity contribution >= 4 is 43.5 Å². The number of amides is 1. The zero-order chi connectivity index (χ0) is 13.8. The summed E-state index contributed by atoms with van der Waals surface area (Å²) in [5.41, 5.74) is 0.802. The minimum atomic E-state index is 0.0248. The molecular weight excluding hydrogens is 374 g/mol. The van der Waals surface area contributed by atoms with E-state index in [9.17, 15) is 4.79 Å². The van der Waals surface area contributed by atoms with Crippen molar-refractivity contribution in [3.8, 4) is 0 Å². The van der Waals surface area contributed by atoms with Crippen molar-refractivity contribution in [2.24, 2.45) is 0 Å². The second-order valence-electron chi connectivity index (χ2n) is 4.55. The summed E-state index contributed by atoms with van der Waals surface area (Å²) < 4.78 is 1.86. The molecule has 6 heteroatoms. The number of likely N-dealkylation sites (N-methyl/N-ethyl adjacent to an activating group) is 1. The first kappa shape index (κ1) is 15.0. The Labute approximate surface area is 130 Å². The van der Waals surface area contributed by atoms with Gasteiger partial charge >= 0.3 is 0 Å². The first-order chi connectivity index (χ1) is 9.10.